The van der Waals surface area contributed by atoms with Crippen molar-refractivity contribution in [2.24, 2.45) is 0 Å². The number of rotatable bonds is 6. The Morgan fingerprint density at radius 3 is 2.50 bits per heavy atom. The van der Waals surface area contributed by atoms with Crippen molar-refractivity contribution in [1.29, 1.82) is 0 Å². The van der Waals surface area contributed by atoms with E-state index < -0.39 is 49.6 Å². The van der Waals surface area contributed by atoms with Gasteiger partial charge in [0.05, 0.1) is 11.3 Å². The Hall–Kier alpha value is -2.70. The van der Waals surface area contributed by atoms with Gasteiger partial charge in [0, 0.05) is 24.6 Å². The smallest absolute Gasteiger partial charge is 0.419 e. The zero-order chi connectivity index (χ0) is 24.7. The zero-order valence-electron chi connectivity index (χ0n) is 17.7. The van der Waals surface area contributed by atoms with Crippen LogP contribution >= 0.6 is 11.3 Å². The average molecular weight is 519 g/mol. The van der Waals surface area contributed by atoms with E-state index in [2.05, 4.69) is 5.32 Å². The summed E-state index contributed by atoms with van der Waals surface area (Å²) >= 11 is 1.26. The highest BCUT2D eigenvalue weighted by Gasteiger charge is 2.38. The van der Waals surface area contributed by atoms with E-state index >= 15 is 0 Å². The maximum atomic E-state index is 14.7. The van der Waals surface area contributed by atoms with Crippen LogP contribution in [0.3, 0.4) is 0 Å². The third kappa shape index (κ3) is 5.03. The Bertz CT molecular complexity index is 1300. The molecule has 4 rings (SSSR count). The van der Waals surface area contributed by atoms with Gasteiger partial charge in [-0.1, -0.05) is 0 Å². The highest BCUT2D eigenvalue weighted by atomic mass is 32.2. The van der Waals surface area contributed by atoms with Crippen molar-refractivity contribution in [1.82, 2.24) is 5.32 Å². The Kier molecular flexibility index (Phi) is 6.34. The van der Waals surface area contributed by atoms with Crippen LogP contribution in [0.15, 0.2) is 52.1 Å². The van der Waals surface area contributed by atoms with Crippen molar-refractivity contribution in [3.63, 3.8) is 0 Å². The van der Waals surface area contributed by atoms with Crippen molar-refractivity contribution in [2.75, 3.05) is 17.8 Å². The van der Waals surface area contributed by atoms with E-state index in [1.165, 1.54) is 11.3 Å². The van der Waals surface area contributed by atoms with Gasteiger partial charge in [-0.25, -0.2) is 17.2 Å². The van der Waals surface area contributed by atoms with Crippen molar-refractivity contribution in [3.05, 3.63) is 64.4 Å². The minimum atomic E-state index is -4.75. The second kappa shape index (κ2) is 8.82. The van der Waals surface area contributed by atoms with E-state index in [9.17, 15) is 30.4 Å². The summed E-state index contributed by atoms with van der Waals surface area (Å²) in [7, 11) is -4.67. The maximum Gasteiger partial charge on any atom is 0.419 e. The standard InChI is InChI=1S/C22H19F5N2O3S2/c1-21(5-6-28-12-21)32-19-8-14(2-3-16(19)22(25,26)27)29-34(30,31)20-10-17(23)15(9-18(20)24)13-4-7-33-11-13/h2-4,7-11,28-29H,5-6,12H2,1H3/t21-/m1/s1. The van der Waals surface area contributed by atoms with Gasteiger partial charge in [-0.3, -0.25) is 4.72 Å². The monoisotopic (exact) mass is 518 g/mol. The van der Waals surface area contributed by atoms with Gasteiger partial charge in [0.15, 0.2) is 0 Å². The number of nitrogens with one attached hydrogen (secondary N) is 2. The number of benzene rings is 2. The molecule has 1 aliphatic heterocycles. The molecular formula is C22H19F5N2O3S2. The molecule has 1 aliphatic rings. The van der Waals surface area contributed by atoms with Crippen LogP contribution in [-0.4, -0.2) is 27.1 Å². The number of ether oxygens (including phenoxy) is 1. The molecule has 1 fully saturated rings. The summed E-state index contributed by atoms with van der Waals surface area (Å²) in [5.41, 5.74) is -2.02. The molecule has 12 heteroatoms. The zero-order valence-corrected chi connectivity index (χ0v) is 19.3. The van der Waals surface area contributed by atoms with E-state index in [1.807, 2.05) is 4.72 Å². The Labute approximate surface area is 196 Å². The summed E-state index contributed by atoms with van der Waals surface area (Å²) in [6, 6.07) is 5.31. The molecule has 2 N–H and O–H groups in total. The first-order chi connectivity index (χ1) is 15.9. The summed E-state index contributed by atoms with van der Waals surface area (Å²) in [6.45, 7) is 2.49. The van der Waals surface area contributed by atoms with Crippen LogP contribution in [0.4, 0.5) is 27.6 Å². The number of halogens is 5. The lowest BCUT2D eigenvalue weighted by atomic mass is 10.1. The van der Waals surface area contributed by atoms with Crippen LogP contribution in [-0.2, 0) is 16.2 Å². The third-order valence-corrected chi connectivity index (χ3v) is 7.45. The average Bonchev–Trinajstić information content (AvgIpc) is 3.40. The third-order valence-electron chi connectivity index (χ3n) is 5.37. The molecule has 5 nitrogen and oxygen atoms in total. The summed E-state index contributed by atoms with van der Waals surface area (Å²) < 4.78 is 103. The fourth-order valence-electron chi connectivity index (χ4n) is 3.63. The van der Waals surface area contributed by atoms with Crippen molar-refractivity contribution in [2.45, 2.75) is 30.0 Å². The van der Waals surface area contributed by atoms with Gasteiger partial charge in [-0.2, -0.15) is 24.5 Å². The molecule has 182 valence electrons. The van der Waals surface area contributed by atoms with Gasteiger partial charge in [0.25, 0.3) is 10.0 Å². The van der Waals surface area contributed by atoms with Gasteiger partial charge in [-0.05, 0) is 60.1 Å². The van der Waals surface area contributed by atoms with Crippen LogP contribution in [0.5, 0.6) is 5.75 Å². The van der Waals surface area contributed by atoms with Crippen molar-refractivity contribution >= 4 is 27.0 Å². The molecule has 3 aromatic rings. The second-order valence-corrected chi connectivity index (χ2v) is 10.5. The van der Waals surface area contributed by atoms with Crippen LogP contribution in [0.1, 0.15) is 18.9 Å². The number of thiophene rings is 1. The molecule has 1 atom stereocenters. The fourth-order valence-corrected chi connectivity index (χ4v) is 5.41. The number of sulfonamides is 1. The molecule has 1 aromatic heterocycles. The van der Waals surface area contributed by atoms with Crippen LogP contribution in [0.2, 0.25) is 0 Å². The summed E-state index contributed by atoms with van der Waals surface area (Å²) in [5, 5.41) is 6.23. The van der Waals surface area contributed by atoms with Crippen LogP contribution < -0.4 is 14.8 Å². The SMILES string of the molecule is C[C@@]1(Oc2cc(NS(=O)(=O)c3cc(F)c(-c4ccsc4)cc3F)ccc2C(F)(F)F)CCNC1. The largest absolute Gasteiger partial charge is 0.485 e. The van der Waals surface area contributed by atoms with E-state index in [1.54, 1.807) is 23.8 Å². The van der Waals surface area contributed by atoms with Crippen molar-refractivity contribution in [3.8, 4) is 16.9 Å². The highest BCUT2D eigenvalue weighted by Crippen LogP contribution is 2.40. The van der Waals surface area contributed by atoms with Crippen LogP contribution in [0, 0.1) is 11.6 Å². The minimum Gasteiger partial charge on any atom is -0.485 e. The summed E-state index contributed by atoms with van der Waals surface area (Å²) in [6.07, 6.45) is -4.30. The number of hydrogen-bond acceptors (Lipinski definition) is 5. The summed E-state index contributed by atoms with van der Waals surface area (Å²) in [4.78, 5) is -0.974. The molecule has 0 amide bonds. The second-order valence-electron chi connectivity index (χ2n) is 8.07. The molecular weight excluding hydrogens is 499 g/mol. The first kappa shape index (κ1) is 24.4. The molecule has 1 saturated heterocycles. The molecule has 0 aliphatic carbocycles. The maximum absolute atomic E-state index is 14.7. The lowest BCUT2D eigenvalue weighted by Gasteiger charge is -2.27. The topological polar surface area (TPSA) is 67.4 Å². The Balaban J connectivity index is 1.68. The lowest BCUT2D eigenvalue weighted by Crippen LogP contribution is -2.35. The van der Waals surface area contributed by atoms with Gasteiger partial charge >= 0.3 is 6.18 Å². The van der Waals surface area contributed by atoms with E-state index in [0.717, 1.165) is 18.2 Å². The Morgan fingerprint density at radius 1 is 1.12 bits per heavy atom. The van der Waals surface area contributed by atoms with Crippen LogP contribution in [0.25, 0.3) is 11.1 Å². The normalized spacial score (nSPS) is 18.8. The van der Waals surface area contributed by atoms with E-state index in [0.29, 0.717) is 37.2 Å². The van der Waals surface area contributed by atoms with Gasteiger partial charge < -0.3 is 10.1 Å². The molecule has 0 saturated carbocycles. The quantitative estimate of drug-likeness (QED) is 0.415. The number of alkyl halides is 3. The van der Waals surface area contributed by atoms with Gasteiger partial charge in [-0.15, -0.1) is 0 Å². The molecule has 0 spiro atoms. The van der Waals surface area contributed by atoms with Gasteiger partial charge in [0.1, 0.15) is 27.9 Å². The molecule has 0 unspecified atom stereocenters. The van der Waals surface area contributed by atoms with Gasteiger partial charge in [0.2, 0.25) is 0 Å². The predicted molar refractivity (Wildman–Crippen MR) is 118 cm³/mol. The molecule has 2 heterocycles. The van der Waals surface area contributed by atoms with E-state index in [-0.39, 0.29) is 11.3 Å². The molecule has 34 heavy (non-hydrogen) atoms. The first-order valence-electron chi connectivity index (χ1n) is 10.0. The highest BCUT2D eigenvalue weighted by molar-refractivity contribution is 7.92. The van der Waals surface area contributed by atoms with Crippen molar-refractivity contribution < 1.29 is 35.1 Å². The first-order valence-corrected chi connectivity index (χ1v) is 12.5. The molecule has 0 bridgehead atoms. The molecule has 2 aromatic carbocycles. The number of hydrogen-bond donors (Lipinski definition) is 2. The van der Waals surface area contributed by atoms with E-state index in [4.69, 9.17) is 4.74 Å². The fraction of sp³-hybridized carbons (Fsp3) is 0.273. The minimum absolute atomic E-state index is 0.110. The molecule has 0 radical (unpaired) electrons. The number of anilines is 1. The Morgan fingerprint density at radius 2 is 1.88 bits per heavy atom. The predicted octanol–water partition coefficient (Wildman–Crippen LogP) is 5.64. The lowest BCUT2D eigenvalue weighted by molar-refractivity contribution is -0.139. The summed E-state index contributed by atoms with van der Waals surface area (Å²) in [5.74, 6) is -2.74.